The zero-order valence-corrected chi connectivity index (χ0v) is 27.7. The summed E-state index contributed by atoms with van der Waals surface area (Å²) < 4.78 is 33.1. The molecular weight excluding hydrogens is 598 g/mol. The maximum Gasteiger partial charge on any atom is 0.244 e. The fraction of sp³-hybridized carbons (Fsp3) is 0.297. The minimum Gasteiger partial charge on any atom is -0.489 e. The van der Waals surface area contributed by atoms with Gasteiger partial charge in [0.05, 0.1) is 11.9 Å². The molecule has 0 fully saturated rings. The number of benzene rings is 4. The normalized spacial score (nSPS) is 11.9. The van der Waals surface area contributed by atoms with Crippen LogP contribution in [0.5, 0.6) is 5.75 Å². The van der Waals surface area contributed by atoms with E-state index in [0.29, 0.717) is 24.6 Å². The van der Waals surface area contributed by atoms with Gasteiger partial charge < -0.3 is 15.0 Å². The highest BCUT2D eigenvalue weighted by atomic mass is 32.2. The second kappa shape index (κ2) is 16.1. The number of amides is 2. The first-order valence-electron chi connectivity index (χ1n) is 15.4. The summed E-state index contributed by atoms with van der Waals surface area (Å²) in [5.41, 5.74) is 4.12. The van der Waals surface area contributed by atoms with E-state index < -0.39 is 28.5 Å². The molecule has 0 bridgehead atoms. The lowest BCUT2D eigenvalue weighted by Crippen LogP contribution is -2.53. The lowest BCUT2D eigenvalue weighted by Gasteiger charge is -2.33. The smallest absolute Gasteiger partial charge is 0.244 e. The van der Waals surface area contributed by atoms with Gasteiger partial charge in [-0.1, -0.05) is 104 Å². The van der Waals surface area contributed by atoms with E-state index in [-0.39, 0.29) is 24.8 Å². The number of nitrogens with zero attached hydrogens (tertiary/aromatic N) is 2. The minimum atomic E-state index is -3.87. The molecule has 242 valence electrons. The summed E-state index contributed by atoms with van der Waals surface area (Å²) in [6.07, 6.45) is 1.34. The van der Waals surface area contributed by atoms with Crippen molar-refractivity contribution in [2.24, 2.45) is 5.92 Å². The number of hydrogen-bond acceptors (Lipinski definition) is 5. The summed E-state index contributed by atoms with van der Waals surface area (Å²) in [5, 5.41) is 3.00. The van der Waals surface area contributed by atoms with Crippen molar-refractivity contribution in [1.29, 1.82) is 0 Å². The van der Waals surface area contributed by atoms with Crippen LogP contribution in [0.1, 0.15) is 36.1 Å². The maximum absolute atomic E-state index is 14.3. The Morgan fingerprint density at radius 3 is 1.93 bits per heavy atom. The Morgan fingerprint density at radius 1 is 0.783 bits per heavy atom. The number of sulfonamides is 1. The SMILES string of the molecule is Cc1ccc(CN(C(=O)CN(c2ccc(OCc3ccccc3)cc2)S(C)(=O)=O)C(Cc2ccccc2)C(=O)NCC(C)C)cc1. The molecule has 4 aromatic carbocycles. The van der Waals surface area contributed by atoms with Crippen LogP contribution in [0.3, 0.4) is 0 Å². The van der Waals surface area contributed by atoms with Gasteiger partial charge in [-0.2, -0.15) is 0 Å². The van der Waals surface area contributed by atoms with E-state index >= 15 is 0 Å². The molecule has 0 aliphatic rings. The number of hydrogen-bond donors (Lipinski definition) is 1. The van der Waals surface area contributed by atoms with Gasteiger partial charge in [0.1, 0.15) is 24.9 Å². The molecule has 4 rings (SSSR count). The molecule has 0 heterocycles. The molecule has 0 spiro atoms. The van der Waals surface area contributed by atoms with Gasteiger partial charge in [-0.3, -0.25) is 13.9 Å². The molecule has 0 aliphatic heterocycles. The highest BCUT2D eigenvalue weighted by Crippen LogP contribution is 2.24. The Hall–Kier alpha value is -4.63. The Bertz CT molecular complexity index is 1660. The molecule has 4 aromatic rings. The first kappa shape index (κ1) is 34.2. The molecule has 0 aromatic heterocycles. The fourth-order valence-electron chi connectivity index (χ4n) is 4.93. The Kier molecular flexibility index (Phi) is 12.0. The number of ether oxygens (including phenoxy) is 1. The fourth-order valence-corrected chi connectivity index (χ4v) is 5.78. The lowest BCUT2D eigenvalue weighted by atomic mass is 10.0. The number of carbonyl (C=O) groups is 2. The predicted molar refractivity (Wildman–Crippen MR) is 183 cm³/mol. The van der Waals surface area contributed by atoms with E-state index in [9.17, 15) is 18.0 Å². The minimum absolute atomic E-state index is 0.135. The average molecular weight is 642 g/mol. The van der Waals surface area contributed by atoms with Gasteiger partial charge in [-0.25, -0.2) is 8.42 Å². The van der Waals surface area contributed by atoms with Crippen molar-refractivity contribution >= 4 is 27.5 Å². The van der Waals surface area contributed by atoms with Gasteiger partial charge in [0, 0.05) is 19.5 Å². The lowest BCUT2D eigenvalue weighted by molar-refractivity contribution is -0.140. The van der Waals surface area contributed by atoms with Crippen LogP contribution in [-0.4, -0.2) is 50.5 Å². The highest BCUT2D eigenvalue weighted by Gasteiger charge is 2.33. The van der Waals surface area contributed by atoms with Crippen LogP contribution in [0.15, 0.2) is 109 Å². The highest BCUT2D eigenvalue weighted by molar-refractivity contribution is 7.92. The molecule has 46 heavy (non-hydrogen) atoms. The van der Waals surface area contributed by atoms with Crippen molar-refractivity contribution in [3.63, 3.8) is 0 Å². The van der Waals surface area contributed by atoms with Gasteiger partial charge in [-0.15, -0.1) is 0 Å². The Morgan fingerprint density at radius 2 is 1.37 bits per heavy atom. The third kappa shape index (κ3) is 10.2. The molecular formula is C37H43N3O5S. The van der Waals surface area contributed by atoms with Gasteiger partial charge in [0.15, 0.2) is 0 Å². The summed E-state index contributed by atoms with van der Waals surface area (Å²) >= 11 is 0. The molecule has 1 unspecified atom stereocenters. The van der Waals surface area contributed by atoms with Gasteiger partial charge in [-0.05, 0) is 53.8 Å². The maximum atomic E-state index is 14.3. The van der Waals surface area contributed by atoms with Crippen LogP contribution in [-0.2, 0) is 39.2 Å². The van der Waals surface area contributed by atoms with Crippen molar-refractivity contribution in [2.75, 3.05) is 23.7 Å². The van der Waals surface area contributed by atoms with Crippen molar-refractivity contribution in [2.45, 2.75) is 46.4 Å². The van der Waals surface area contributed by atoms with E-state index in [4.69, 9.17) is 4.74 Å². The standard InChI is InChI=1S/C37H43N3O5S/c1-28(2)24-38-37(42)35(23-30-11-7-5-8-12-30)39(25-31-17-15-29(3)16-18-31)36(41)26-40(46(4,43)44)33-19-21-34(22-20-33)45-27-32-13-9-6-10-14-32/h5-22,28,35H,23-27H2,1-4H3,(H,38,42). The molecule has 2 amide bonds. The van der Waals surface area contributed by atoms with Crippen LogP contribution in [0, 0.1) is 12.8 Å². The van der Waals surface area contributed by atoms with Crippen LogP contribution in [0.2, 0.25) is 0 Å². The van der Waals surface area contributed by atoms with E-state index in [0.717, 1.165) is 32.8 Å². The van der Waals surface area contributed by atoms with Gasteiger partial charge in [0.2, 0.25) is 21.8 Å². The van der Waals surface area contributed by atoms with E-state index in [1.165, 1.54) is 4.90 Å². The second-order valence-electron chi connectivity index (χ2n) is 11.9. The molecule has 1 atom stereocenters. The zero-order chi connectivity index (χ0) is 33.1. The quantitative estimate of drug-likeness (QED) is 0.178. The van der Waals surface area contributed by atoms with Crippen molar-refractivity contribution < 1.29 is 22.7 Å². The van der Waals surface area contributed by atoms with Crippen LogP contribution >= 0.6 is 0 Å². The summed E-state index contributed by atoms with van der Waals surface area (Å²) in [4.78, 5) is 29.5. The third-order valence-corrected chi connectivity index (χ3v) is 8.62. The van der Waals surface area contributed by atoms with E-state index in [1.807, 2.05) is 106 Å². The van der Waals surface area contributed by atoms with E-state index in [1.54, 1.807) is 24.3 Å². The zero-order valence-electron chi connectivity index (χ0n) is 26.9. The molecule has 1 N–H and O–H groups in total. The summed E-state index contributed by atoms with van der Waals surface area (Å²) in [5.74, 6) is 0.000873. The Labute approximate surface area is 273 Å². The van der Waals surface area contributed by atoms with Gasteiger partial charge >= 0.3 is 0 Å². The third-order valence-electron chi connectivity index (χ3n) is 7.48. The molecule has 8 nitrogen and oxygen atoms in total. The summed E-state index contributed by atoms with van der Waals surface area (Å²) in [6, 6.07) is 32.7. The Balaban J connectivity index is 1.63. The second-order valence-corrected chi connectivity index (χ2v) is 13.8. The molecule has 0 saturated heterocycles. The molecule has 0 saturated carbocycles. The number of nitrogens with one attached hydrogen (secondary N) is 1. The number of rotatable bonds is 15. The summed E-state index contributed by atoms with van der Waals surface area (Å²) in [6.45, 7) is 6.46. The molecule has 0 radical (unpaired) electrons. The van der Waals surface area contributed by atoms with Crippen LogP contribution in [0.4, 0.5) is 5.69 Å². The average Bonchev–Trinajstić information content (AvgIpc) is 3.04. The van der Waals surface area contributed by atoms with E-state index in [2.05, 4.69) is 5.32 Å². The first-order valence-corrected chi connectivity index (χ1v) is 17.3. The van der Waals surface area contributed by atoms with Crippen LogP contribution < -0.4 is 14.4 Å². The predicted octanol–water partition coefficient (Wildman–Crippen LogP) is 5.75. The number of carbonyl (C=O) groups excluding carboxylic acids is 2. The molecule has 9 heteroatoms. The van der Waals surface area contributed by atoms with Gasteiger partial charge in [0.25, 0.3) is 0 Å². The topological polar surface area (TPSA) is 96.0 Å². The van der Waals surface area contributed by atoms with Crippen molar-refractivity contribution in [1.82, 2.24) is 10.2 Å². The van der Waals surface area contributed by atoms with Crippen LogP contribution in [0.25, 0.3) is 0 Å². The number of anilines is 1. The largest absolute Gasteiger partial charge is 0.489 e. The monoisotopic (exact) mass is 641 g/mol. The number of aryl methyl sites for hydroxylation is 1. The van der Waals surface area contributed by atoms with Crippen molar-refractivity contribution in [3.8, 4) is 5.75 Å². The van der Waals surface area contributed by atoms with Crippen molar-refractivity contribution in [3.05, 3.63) is 131 Å². The summed E-state index contributed by atoms with van der Waals surface area (Å²) in [7, 11) is -3.87. The first-order chi connectivity index (χ1) is 22.0. The molecule has 0 aliphatic carbocycles.